The third-order valence-electron chi connectivity index (χ3n) is 3.87. The maximum atomic E-state index is 2.30. The number of rotatable bonds is 11. The second kappa shape index (κ2) is 10.4. The maximum Gasteiger partial charge on any atom is 0.156 e. The molecule has 1 rings (SSSR count). The molecule has 106 valence electrons. The molecule has 2 heteroatoms. The molecule has 1 N–H and O–H groups in total. The summed E-state index contributed by atoms with van der Waals surface area (Å²) in [7, 11) is 2.15. The number of unbranched alkanes of at least 4 members (excludes halogenated alkanes) is 9. The minimum atomic E-state index is 1.16. The summed E-state index contributed by atoms with van der Waals surface area (Å²) in [5.74, 6) is 0. The van der Waals surface area contributed by atoms with E-state index in [2.05, 4.69) is 31.3 Å². The molecule has 1 aliphatic heterocycles. The summed E-state index contributed by atoms with van der Waals surface area (Å²) in [6.45, 7) is 4.77. The molecule has 0 radical (unpaired) electrons. The summed E-state index contributed by atoms with van der Waals surface area (Å²) in [6.07, 6.45) is 18.9. The summed E-state index contributed by atoms with van der Waals surface area (Å²) >= 11 is 0. The smallest absolute Gasteiger partial charge is 0.156 e. The highest BCUT2D eigenvalue weighted by atomic mass is 15.3. The molecule has 1 aliphatic rings. The molecule has 0 saturated heterocycles. The summed E-state index contributed by atoms with van der Waals surface area (Å²) in [4.78, 5) is 3.89. The van der Waals surface area contributed by atoms with E-state index in [1.165, 1.54) is 70.8 Å². The predicted octanol–water partition coefficient (Wildman–Crippen LogP) is 3.17. The highest BCUT2D eigenvalue weighted by molar-refractivity contribution is 4.74. The average Bonchev–Trinajstić information content (AvgIpc) is 2.77. The predicted molar refractivity (Wildman–Crippen MR) is 79.4 cm³/mol. The van der Waals surface area contributed by atoms with Crippen LogP contribution in [0.5, 0.6) is 0 Å². The van der Waals surface area contributed by atoms with E-state index in [1.54, 1.807) is 4.90 Å². The van der Waals surface area contributed by atoms with E-state index in [-0.39, 0.29) is 0 Å². The van der Waals surface area contributed by atoms with Crippen LogP contribution in [0.2, 0.25) is 0 Å². The lowest BCUT2D eigenvalue weighted by Crippen LogP contribution is -3.07. The molecule has 0 fully saturated rings. The number of nitrogens with zero attached hydrogens (tertiary/aromatic N) is 1. The molecule has 0 aromatic rings. The van der Waals surface area contributed by atoms with Crippen molar-refractivity contribution in [2.24, 2.45) is 0 Å². The van der Waals surface area contributed by atoms with Crippen molar-refractivity contribution in [1.29, 1.82) is 0 Å². The van der Waals surface area contributed by atoms with E-state index < -0.39 is 0 Å². The molecule has 0 saturated carbocycles. The Morgan fingerprint density at radius 2 is 1.44 bits per heavy atom. The molecule has 0 bridgehead atoms. The van der Waals surface area contributed by atoms with E-state index in [0.717, 1.165) is 6.67 Å². The number of hydrogen-bond donors (Lipinski definition) is 1. The Hall–Kier alpha value is -0.500. The number of quaternary nitrogens is 1. The lowest BCUT2D eigenvalue weighted by Gasteiger charge is -2.12. The first-order valence-corrected chi connectivity index (χ1v) is 8.06. The van der Waals surface area contributed by atoms with E-state index in [9.17, 15) is 0 Å². The molecule has 18 heavy (non-hydrogen) atoms. The Labute approximate surface area is 114 Å². The van der Waals surface area contributed by atoms with Crippen molar-refractivity contribution in [3.63, 3.8) is 0 Å². The van der Waals surface area contributed by atoms with Gasteiger partial charge in [0.15, 0.2) is 6.67 Å². The van der Waals surface area contributed by atoms with Crippen molar-refractivity contribution in [3.8, 4) is 0 Å². The zero-order valence-electron chi connectivity index (χ0n) is 12.6. The highest BCUT2D eigenvalue weighted by Crippen LogP contribution is 2.10. The molecule has 1 unspecified atom stereocenters. The molecule has 2 nitrogen and oxygen atoms in total. The molecular weight excluding hydrogens is 220 g/mol. The van der Waals surface area contributed by atoms with Gasteiger partial charge < -0.3 is 4.90 Å². The summed E-state index contributed by atoms with van der Waals surface area (Å²) < 4.78 is 0. The van der Waals surface area contributed by atoms with Gasteiger partial charge in [0.1, 0.15) is 6.20 Å². The fourth-order valence-electron chi connectivity index (χ4n) is 2.66. The molecule has 0 amide bonds. The van der Waals surface area contributed by atoms with Gasteiger partial charge in [-0.05, 0) is 12.8 Å². The van der Waals surface area contributed by atoms with Gasteiger partial charge in [0.2, 0.25) is 0 Å². The number of hydrogen-bond acceptors (Lipinski definition) is 1. The minimum Gasteiger partial charge on any atom is -0.329 e. The topological polar surface area (TPSA) is 7.68 Å². The summed E-state index contributed by atoms with van der Waals surface area (Å²) in [6, 6.07) is 0. The second-order valence-corrected chi connectivity index (χ2v) is 5.82. The van der Waals surface area contributed by atoms with Crippen LogP contribution in [0.1, 0.15) is 71.1 Å². The molecule has 0 spiro atoms. The van der Waals surface area contributed by atoms with Crippen LogP contribution in [0.3, 0.4) is 0 Å². The Kier molecular flexibility index (Phi) is 9.01. The summed E-state index contributed by atoms with van der Waals surface area (Å²) in [5.41, 5.74) is 0. The van der Waals surface area contributed by atoms with Crippen molar-refractivity contribution in [3.05, 3.63) is 12.4 Å². The second-order valence-electron chi connectivity index (χ2n) is 5.82. The average molecular weight is 253 g/mol. The molecule has 0 aromatic heterocycles. The van der Waals surface area contributed by atoms with Crippen LogP contribution < -0.4 is 4.90 Å². The van der Waals surface area contributed by atoms with Crippen molar-refractivity contribution >= 4 is 0 Å². The van der Waals surface area contributed by atoms with Crippen LogP contribution >= 0.6 is 0 Å². The van der Waals surface area contributed by atoms with Crippen molar-refractivity contribution in [2.75, 3.05) is 20.3 Å². The van der Waals surface area contributed by atoms with Gasteiger partial charge >= 0.3 is 0 Å². The van der Waals surface area contributed by atoms with Crippen molar-refractivity contribution in [1.82, 2.24) is 4.90 Å². The quantitative estimate of drug-likeness (QED) is 0.556. The molecule has 1 atom stereocenters. The van der Waals surface area contributed by atoms with Crippen LogP contribution in [-0.2, 0) is 0 Å². The Morgan fingerprint density at radius 3 is 1.94 bits per heavy atom. The molecule has 1 heterocycles. The van der Waals surface area contributed by atoms with Gasteiger partial charge in [0.05, 0.1) is 12.7 Å². The third kappa shape index (κ3) is 7.75. The first-order valence-electron chi connectivity index (χ1n) is 8.06. The largest absolute Gasteiger partial charge is 0.329 e. The Morgan fingerprint density at radius 1 is 0.889 bits per heavy atom. The van der Waals surface area contributed by atoms with Gasteiger partial charge in [0.25, 0.3) is 0 Å². The van der Waals surface area contributed by atoms with Gasteiger partial charge in [-0.2, -0.15) is 0 Å². The third-order valence-corrected chi connectivity index (χ3v) is 3.87. The lowest BCUT2D eigenvalue weighted by molar-refractivity contribution is -0.848. The maximum absolute atomic E-state index is 2.30. The van der Waals surface area contributed by atoms with Crippen molar-refractivity contribution < 1.29 is 4.90 Å². The van der Waals surface area contributed by atoms with Gasteiger partial charge in [-0.1, -0.05) is 58.3 Å². The zero-order valence-corrected chi connectivity index (χ0v) is 12.6. The van der Waals surface area contributed by atoms with Gasteiger partial charge in [0, 0.05) is 7.05 Å². The Bertz CT molecular complexity index is 213. The summed E-state index contributed by atoms with van der Waals surface area (Å²) in [5, 5.41) is 0. The normalized spacial score (nSPS) is 18.8. The van der Waals surface area contributed by atoms with E-state index in [0.29, 0.717) is 0 Å². The monoisotopic (exact) mass is 253 g/mol. The fraction of sp³-hybridized carbons (Fsp3) is 0.875. The van der Waals surface area contributed by atoms with E-state index in [1.807, 2.05) is 0 Å². The highest BCUT2D eigenvalue weighted by Gasteiger charge is 2.12. The van der Waals surface area contributed by atoms with E-state index in [4.69, 9.17) is 0 Å². The molecular formula is C16H33N2+. The number of nitrogens with one attached hydrogen (secondary N) is 1. The van der Waals surface area contributed by atoms with Crippen LogP contribution in [0.25, 0.3) is 0 Å². The van der Waals surface area contributed by atoms with Gasteiger partial charge in [-0.3, -0.25) is 4.90 Å². The molecule has 0 aromatic carbocycles. The zero-order chi connectivity index (χ0) is 13.1. The van der Waals surface area contributed by atoms with Gasteiger partial charge in [-0.15, -0.1) is 0 Å². The van der Waals surface area contributed by atoms with E-state index >= 15 is 0 Å². The van der Waals surface area contributed by atoms with Crippen LogP contribution in [0, 0.1) is 0 Å². The lowest BCUT2D eigenvalue weighted by atomic mass is 10.1. The Balaban J connectivity index is 1.75. The fourth-order valence-corrected chi connectivity index (χ4v) is 2.66. The van der Waals surface area contributed by atoms with Gasteiger partial charge in [-0.25, -0.2) is 0 Å². The molecule has 0 aliphatic carbocycles. The van der Waals surface area contributed by atoms with Crippen LogP contribution in [0.15, 0.2) is 12.4 Å². The minimum absolute atomic E-state index is 1.16. The standard InChI is InChI=1S/C16H32N2/c1-3-4-5-6-7-8-9-10-11-12-13-18-15-14-17(2)16-18/h14-15H,3-13,16H2,1-2H3/p+1. The van der Waals surface area contributed by atoms with Crippen molar-refractivity contribution in [2.45, 2.75) is 71.1 Å². The SMILES string of the molecule is CCCCCCCCCCCC[NH+]1C=CN(C)C1. The first-order chi connectivity index (χ1) is 8.83. The van der Waals surface area contributed by atoms with Crippen LogP contribution in [-0.4, -0.2) is 25.2 Å². The first kappa shape index (κ1) is 15.6. The van der Waals surface area contributed by atoms with Crippen LogP contribution in [0.4, 0.5) is 0 Å².